The number of hydrogen-bond donors (Lipinski definition) is 1. The Hall–Kier alpha value is -2.17. The molecule has 0 fully saturated rings. The average Bonchev–Trinajstić information content (AvgIpc) is 2.58. The fraction of sp³-hybridized carbons (Fsp3) is 0. The summed E-state index contributed by atoms with van der Waals surface area (Å²) in [5, 5.41) is 10.5. The molecule has 0 unspecified atom stereocenters. The normalized spacial score (nSPS) is 10.3. The number of nitrogens with zero attached hydrogens (tertiary/aromatic N) is 2. The molecule has 0 aliphatic heterocycles. The molecule has 0 amide bonds. The second kappa shape index (κ2) is 2.95. The Morgan fingerprint density at radius 1 is 1.57 bits per heavy atom. The SMILES string of the molecule is C=Cc1nc2cc([N+](=O)[O-])ccc2[nH]1. The molecule has 1 aromatic carbocycles. The number of non-ortho nitro benzene ring substituents is 1. The van der Waals surface area contributed by atoms with E-state index in [1.165, 1.54) is 12.1 Å². The zero-order valence-corrected chi connectivity index (χ0v) is 7.23. The highest BCUT2D eigenvalue weighted by Gasteiger charge is 2.08. The number of hydrogen-bond acceptors (Lipinski definition) is 3. The van der Waals surface area contributed by atoms with Crippen LogP contribution in [0.1, 0.15) is 5.82 Å². The number of nitrogens with one attached hydrogen (secondary N) is 1. The van der Waals surface area contributed by atoms with Gasteiger partial charge in [-0.3, -0.25) is 10.1 Å². The first kappa shape index (κ1) is 8.43. The summed E-state index contributed by atoms with van der Waals surface area (Å²) in [5.74, 6) is 0.612. The highest BCUT2D eigenvalue weighted by Crippen LogP contribution is 2.18. The van der Waals surface area contributed by atoms with E-state index in [1.54, 1.807) is 12.1 Å². The Balaban J connectivity index is 2.65. The summed E-state index contributed by atoms with van der Waals surface area (Å²) in [4.78, 5) is 17.1. The largest absolute Gasteiger partial charge is 0.338 e. The first-order valence-electron chi connectivity index (χ1n) is 3.97. The van der Waals surface area contributed by atoms with Crippen molar-refractivity contribution in [2.75, 3.05) is 0 Å². The van der Waals surface area contributed by atoms with E-state index in [2.05, 4.69) is 16.5 Å². The smallest absolute Gasteiger partial charge is 0.271 e. The summed E-state index contributed by atoms with van der Waals surface area (Å²) in [5.41, 5.74) is 1.39. The van der Waals surface area contributed by atoms with E-state index in [4.69, 9.17) is 0 Å². The molecule has 0 saturated carbocycles. The Morgan fingerprint density at radius 2 is 2.36 bits per heavy atom. The van der Waals surface area contributed by atoms with Gasteiger partial charge in [0.2, 0.25) is 0 Å². The van der Waals surface area contributed by atoms with E-state index in [1.807, 2.05) is 0 Å². The van der Waals surface area contributed by atoms with Gasteiger partial charge >= 0.3 is 0 Å². The summed E-state index contributed by atoms with van der Waals surface area (Å²) in [6.45, 7) is 3.56. The van der Waals surface area contributed by atoms with Crippen molar-refractivity contribution >= 4 is 22.8 Å². The van der Waals surface area contributed by atoms with Crippen LogP contribution in [-0.4, -0.2) is 14.9 Å². The number of nitro benzene ring substituents is 1. The minimum Gasteiger partial charge on any atom is -0.338 e. The van der Waals surface area contributed by atoms with Gasteiger partial charge in [-0.15, -0.1) is 0 Å². The van der Waals surface area contributed by atoms with Crippen molar-refractivity contribution in [1.82, 2.24) is 9.97 Å². The molecule has 2 aromatic rings. The van der Waals surface area contributed by atoms with Crippen LogP contribution in [-0.2, 0) is 0 Å². The van der Waals surface area contributed by atoms with Crippen LogP contribution in [0.3, 0.4) is 0 Å². The predicted molar refractivity (Wildman–Crippen MR) is 52.8 cm³/mol. The minimum absolute atomic E-state index is 0.0413. The fourth-order valence-corrected chi connectivity index (χ4v) is 1.22. The average molecular weight is 189 g/mol. The van der Waals surface area contributed by atoms with E-state index in [0.717, 1.165) is 5.52 Å². The number of nitro groups is 1. The third kappa shape index (κ3) is 1.24. The van der Waals surface area contributed by atoms with Gasteiger partial charge in [0.05, 0.1) is 16.0 Å². The van der Waals surface area contributed by atoms with Gasteiger partial charge in [0.1, 0.15) is 5.82 Å². The molecule has 70 valence electrons. The molecule has 0 aliphatic rings. The van der Waals surface area contributed by atoms with Gasteiger partial charge in [0.15, 0.2) is 0 Å². The number of rotatable bonds is 2. The number of aromatic nitrogens is 2. The van der Waals surface area contributed by atoms with Crippen molar-refractivity contribution in [2.24, 2.45) is 0 Å². The number of benzene rings is 1. The van der Waals surface area contributed by atoms with Crippen LogP contribution in [0.4, 0.5) is 5.69 Å². The van der Waals surface area contributed by atoms with Crippen molar-refractivity contribution in [2.45, 2.75) is 0 Å². The first-order chi connectivity index (χ1) is 6.70. The van der Waals surface area contributed by atoms with Crippen molar-refractivity contribution in [3.05, 3.63) is 40.7 Å². The lowest BCUT2D eigenvalue weighted by Crippen LogP contribution is -1.86. The Labute approximate surface area is 79.2 Å². The van der Waals surface area contributed by atoms with Crippen LogP contribution in [0.2, 0.25) is 0 Å². The van der Waals surface area contributed by atoms with Crippen LogP contribution in [0.25, 0.3) is 17.1 Å². The molecule has 0 radical (unpaired) electrons. The molecule has 0 atom stereocenters. The second-order valence-electron chi connectivity index (χ2n) is 2.78. The highest BCUT2D eigenvalue weighted by molar-refractivity contribution is 5.79. The van der Waals surface area contributed by atoms with Crippen LogP contribution in [0.5, 0.6) is 0 Å². The van der Waals surface area contributed by atoms with E-state index in [9.17, 15) is 10.1 Å². The Morgan fingerprint density at radius 3 is 3.00 bits per heavy atom. The van der Waals surface area contributed by atoms with E-state index < -0.39 is 4.92 Å². The lowest BCUT2D eigenvalue weighted by molar-refractivity contribution is -0.384. The number of H-pyrrole nitrogens is 1. The third-order valence-corrected chi connectivity index (χ3v) is 1.89. The van der Waals surface area contributed by atoms with Gasteiger partial charge in [-0.1, -0.05) is 6.58 Å². The van der Waals surface area contributed by atoms with Crippen LogP contribution in [0.15, 0.2) is 24.8 Å². The molecule has 0 aliphatic carbocycles. The van der Waals surface area contributed by atoms with Gasteiger partial charge in [-0.2, -0.15) is 0 Å². The molecular formula is C9H7N3O2. The topological polar surface area (TPSA) is 71.8 Å². The summed E-state index contributed by atoms with van der Waals surface area (Å²) in [6, 6.07) is 4.50. The lowest BCUT2D eigenvalue weighted by Gasteiger charge is -1.89. The van der Waals surface area contributed by atoms with E-state index in [0.29, 0.717) is 11.3 Å². The van der Waals surface area contributed by atoms with Crippen molar-refractivity contribution in [3.8, 4) is 0 Å². The zero-order chi connectivity index (χ0) is 10.1. The van der Waals surface area contributed by atoms with Crippen LogP contribution < -0.4 is 0 Å². The van der Waals surface area contributed by atoms with Crippen molar-refractivity contribution in [3.63, 3.8) is 0 Å². The predicted octanol–water partition coefficient (Wildman–Crippen LogP) is 2.11. The summed E-state index contributed by atoms with van der Waals surface area (Å²) in [6.07, 6.45) is 1.56. The molecule has 2 rings (SSSR count). The summed E-state index contributed by atoms with van der Waals surface area (Å²) >= 11 is 0. The van der Waals surface area contributed by atoms with E-state index in [-0.39, 0.29) is 5.69 Å². The molecular weight excluding hydrogens is 182 g/mol. The molecule has 0 bridgehead atoms. The fourth-order valence-electron chi connectivity index (χ4n) is 1.22. The molecule has 5 heteroatoms. The summed E-state index contributed by atoms with van der Waals surface area (Å²) in [7, 11) is 0. The van der Waals surface area contributed by atoms with Gasteiger partial charge in [-0.05, 0) is 12.1 Å². The standard InChI is InChI=1S/C9H7N3O2/c1-2-9-10-7-4-3-6(12(13)14)5-8(7)11-9/h2-5H,1H2,(H,10,11). The molecule has 1 aromatic heterocycles. The Bertz CT molecular complexity index is 516. The molecule has 0 spiro atoms. The number of imidazole rings is 1. The molecule has 1 heterocycles. The second-order valence-corrected chi connectivity index (χ2v) is 2.78. The maximum atomic E-state index is 10.5. The highest BCUT2D eigenvalue weighted by atomic mass is 16.6. The Kier molecular flexibility index (Phi) is 1.78. The molecule has 1 N–H and O–H groups in total. The van der Waals surface area contributed by atoms with Crippen molar-refractivity contribution < 1.29 is 4.92 Å². The quantitative estimate of drug-likeness (QED) is 0.580. The van der Waals surface area contributed by atoms with Gasteiger partial charge in [0.25, 0.3) is 5.69 Å². The van der Waals surface area contributed by atoms with Crippen LogP contribution >= 0.6 is 0 Å². The van der Waals surface area contributed by atoms with Gasteiger partial charge in [-0.25, -0.2) is 4.98 Å². The monoisotopic (exact) mass is 189 g/mol. The number of aromatic amines is 1. The van der Waals surface area contributed by atoms with E-state index >= 15 is 0 Å². The molecule has 0 saturated heterocycles. The first-order valence-corrected chi connectivity index (χ1v) is 3.97. The van der Waals surface area contributed by atoms with Crippen molar-refractivity contribution in [1.29, 1.82) is 0 Å². The van der Waals surface area contributed by atoms with Gasteiger partial charge in [0, 0.05) is 12.1 Å². The minimum atomic E-state index is -0.443. The lowest BCUT2D eigenvalue weighted by atomic mass is 10.3. The maximum absolute atomic E-state index is 10.5. The van der Waals surface area contributed by atoms with Crippen LogP contribution in [0, 0.1) is 10.1 Å². The zero-order valence-electron chi connectivity index (χ0n) is 7.23. The van der Waals surface area contributed by atoms with Gasteiger partial charge < -0.3 is 4.98 Å². The molecule has 5 nitrogen and oxygen atoms in total. The maximum Gasteiger partial charge on any atom is 0.271 e. The summed E-state index contributed by atoms with van der Waals surface area (Å²) < 4.78 is 0. The third-order valence-electron chi connectivity index (χ3n) is 1.89. The molecule has 14 heavy (non-hydrogen) atoms. The number of fused-ring (bicyclic) bond motifs is 1.